The quantitative estimate of drug-likeness (QED) is 0.663. The van der Waals surface area contributed by atoms with E-state index in [1.807, 2.05) is 29.6 Å². The second kappa shape index (κ2) is 10.5. The highest BCUT2D eigenvalue weighted by Gasteiger charge is 2.38. The molecule has 2 aliphatic rings. The average Bonchev–Trinajstić information content (AvgIpc) is 3.23. The molecule has 1 aliphatic heterocycles. The molecule has 0 radical (unpaired) electrons. The van der Waals surface area contributed by atoms with Crippen molar-refractivity contribution in [3.63, 3.8) is 0 Å². The van der Waals surface area contributed by atoms with Crippen LogP contribution in [0.5, 0.6) is 0 Å². The Balaban J connectivity index is 0.000000360. The van der Waals surface area contributed by atoms with Crippen molar-refractivity contribution in [3.8, 4) is 0 Å². The van der Waals surface area contributed by atoms with Crippen LogP contribution in [0.4, 0.5) is 13.2 Å². The molecule has 0 saturated heterocycles. The summed E-state index contributed by atoms with van der Waals surface area (Å²) in [6, 6.07) is 2.03. The number of aliphatic carboxylic acids is 1. The molecule has 176 valence electrons. The number of halogens is 3. The monoisotopic (exact) mass is 473 g/mol. The maximum atomic E-state index is 12.7. The smallest absolute Gasteiger partial charge is 0.475 e. The number of carboxylic acids is 1. The number of imidazole rings is 1. The molecular formula is C21H26F3N3O4S. The van der Waals surface area contributed by atoms with Gasteiger partial charge in [0.05, 0.1) is 31.6 Å². The fraction of sp³-hybridized carbons (Fsp3) is 0.571. The van der Waals surface area contributed by atoms with Crippen molar-refractivity contribution in [1.82, 2.24) is 14.5 Å². The third-order valence-corrected chi connectivity index (χ3v) is 6.06. The number of ether oxygens (including phenoxy) is 1. The van der Waals surface area contributed by atoms with Gasteiger partial charge in [-0.15, -0.1) is 0 Å². The van der Waals surface area contributed by atoms with Gasteiger partial charge in [0, 0.05) is 31.3 Å². The van der Waals surface area contributed by atoms with Crippen molar-refractivity contribution >= 4 is 23.2 Å². The van der Waals surface area contributed by atoms with E-state index in [-0.39, 0.29) is 11.8 Å². The lowest BCUT2D eigenvalue weighted by atomic mass is 9.98. The van der Waals surface area contributed by atoms with E-state index in [0.717, 1.165) is 30.3 Å². The number of carbonyl (C=O) groups is 2. The maximum Gasteiger partial charge on any atom is 0.490 e. The van der Waals surface area contributed by atoms with Crippen molar-refractivity contribution in [2.75, 3.05) is 19.8 Å². The number of nitrogens with zero attached hydrogens (tertiary/aromatic N) is 3. The molecule has 0 aromatic carbocycles. The molecule has 1 aliphatic carbocycles. The first-order valence-electron chi connectivity index (χ1n) is 10.4. The fourth-order valence-electron chi connectivity index (χ4n) is 3.61. The lowest BCUT2D eigenvalue weighted by Gasteiger charge is -2.33. The van der Waals surface area contributed by atoms with Gasteiger partial charge in [-0.2, -0.15) is 24.5 Å². The summed E-state index contributed by atoms with van der Waals surface area (Å²) in [5.41, 5.74) is 3.44. The SMILES string of the molecule is CCOCC1CN(C(=O)Cc2ccsc2)Cc2ncn(CC3CC3)c21.O=C(O)C(F)(F)F. The van der Waals surface area contributed by atoms with Crippen LogP contribution in [-0.4, -0.2) is 57.4 Å². The summed E-state index contributed by atoms with van der Waals surface area (Å²) in [4.78, 5) is 28.2. The Kier molecular flexibility index (Phi) is 7.94. The highest BCUT2D eigenvalue weighted by atomic mass is 32.1. The first-order chi connectivity index (χ1) is 15.2. The van der Waals surface area contributed by atoms with E-state index in [9.17, 15) is 18.0 Å². The Morgan fingerprint density at radius 2 is 2.06 bits per heavy atom. The molecule has 1 atom stereocenters. The van der Waals surface area contributed by atoms with E-state index >= 15 is 0 Å². The van der Waals surface area contributed by atoms with E-state index < -0.39 is 12.1 Å². The van der Waals surface area contributed by atoms with Crippen LogP contribution in [0.2, 0.25) is 0 Å². The van der Waals surface area contributed by atoms with Crippen LogP contribution in [0.3, 0.4) is 0 Å². The molecule has 11 heteroatoms. The van der Waals surface area contributed by atoms with E-state index in [1.54, 1.807) is 11.3 Å². The van der Waals surface area contributed by atoms with Gasteiger partial charge in [-0.1, -0.05) is 0 Å². The first kappa shape index (κ1) is 24.2. The summed E-state index contributed by atoms with van der Waals surface area (Å²) in [5, 5.41) is 11.2. The molecule has 7 nitrogen and oxygen atoms in total. The molecule has 1 unspecified atom stereocenters. The minimum absolute atomic E-state index is 0.183. The molecule has 1 N–H and O–H groups in total. The number of fused-ring (bicyclic) bond motifs is 1. The molecule has 0 bridgehead atoms. The zero-order valence-corrected chi connectivity index (χ0v) is 18.5. The van der Waals surface area contributed by atoms with Crippen LogP contribution >= 0.6 is 11.3 Å². The van der Waals surface area contributed by atoms with E-state index in [0.29, 0.717) is 26.2 Å². The average molecular weight is 474 g/mol. The molecule has 2 aromatic rings. The second-order valence-corrected chi connectivity index (χ2v) is 8.69. The van der Waals surface area contributed by atoms with Crippen LogP contribution in [-0.2, 0) is 33.8 Å². The third kappa shape index (κ3) is 6.55. The molecule has 4 rings (SSSR count). The van der Waals surface area contributed by atoms with E-state index in [2.05, 4.69) is 14.9 Å². The van der Waals surface area contributed by atoms with Crippen molar-refractivity contribution in [1.29, 1.82) is 0 Å². The lowest BCUT2D eigenvalue weighted by Crippen LogP contribution is -2.41. The summed E-state index contributed by atoms with van der Waals surface area (Å²) in [5.74, 6) is -1.55. The molecule has 1 fully saturated rings. The number of alkyl halides is 3. The van der Waals surface area contributed by atoms with Gasteiger partial charge in [-0.05, 0) is 48.1 Å². The summed E-state index contributed by atoms with van der Waals surface area (Å²) in [7, 11) is 0. The van der Waals surface area contributed by atoms with Crippen LogP contribution in [0.1, 0.15) is 42.6 Å². The fourth-order valence-corrected chi connectivity index (χ4v) is 4.28. The van der Waals surface area contributed by atoms with Gasteiger partial charge in [0.2, 0.25) is 5.91 Å². The van der Waals surface area contributed by atoms with Crippen molar-refractivity contribution < 1.29 is 32.6 Å². The van der Waals surface area contributed by atoms with Crippen LogP contribution < -0.4 is 0 Å². The summed E-state index contributed by atoms with van der Waals surface area (Å²) in [6.45, 7) is 5.79. The molecular weight excluding hydrogens is 447 g/mol. The zero-order valence-electron chi connectivity index (χ0n) is 17.7. The lowest BCUT2D eigenvalue weighted by molar-refractivity contribution is -0.192. The number of carbonyl (C=O) groups excluding carboxylic acids is 1. The predicted octanol–water partition coefficient (Wildman–Crippen LogP) is 3.69. The molecule has 1 saturated carbocycles. The van der Waals surface area contributed by atoms with Crippen LogP contribution in [0, 0.1) is 5.92 Å². The molecule has 2 aromatic heterocycles. The van der Waals surface area contributed by atoms with Crippen molar-refractivity contribution in [3.05, 3.63) is 40.1 Å². The number of aromatic nitrogens is 2. The van der Waals surface area contributed by atoms with Crippen LogP contribution in [0.15, 0.2) is 23.2 Å². The topological polar surface area (TPSA) is 84.7 Å². The number of hydrogen-bond acceptors (Lipinski definition) is 5. The number of carboxylic acid groups (broad SMARTS) is 1. The van der Waals surface area contributed by atoms with Crippen molar-refractivity contribution in [2.24, 2.45) is 5.92 Å². The molecule has 32 heavy (non-hydrogen) atoms. The Labute approximate surface area is 187 Å². The van der Waals surface area contributed by atoms with Gasteiger partial charge in [0.25, 0.3) is 0 Å². The summed E-state index contributed by atoms with van der Waals surface area (Å²) >= 11 is 1.64. The molecule has 1 amide bonds. The number of thiophene rings is 1. The summed E-state index contributed by atoms with van der Waals surface area (Å²) in [6.07, 6.45) is 0.0143. The second-order valence-electron chi connectivity index (χ2n) is 7.91. The zero-order chi connectivity index (χ0) is 23.3. The van der Waals surface area contributed by atoms with Gasteiger partial charge < -0.3 is 19.3 Å². The number of rotatable bonds is 7. The highest BCUT2D eigenvalue weighted by molar-refractivity contribution is 7.08. The third-order valence-electron chi connectivity index (χ3n) is 5.33. The minimum Gasteiger partial charge on any atom is -0.475 e. The van der Waals surface area contributed by atoms with Crippen LogP contribution in [0.25, 0.3) is 0 Å². The number of hydrogen-bond donors (Lipinski definition) is 1. The Hall–Kier alpha value is -2.40. The molecule has 0 spiro atoms. The van der Waals surface area contributed by atoms with Gasteiger partial charge >= 0.3 is 12.1 Å². The van der Waals surface area contributed by atoms with Gasteiger partial charge in [0.1, 0.15) is 0 Å². The Morgan fingerprint density at radius 1 is 1.34 bits per heavy atom. The van der Waals surface area contributed by atoms with E-state index in [4.69, 9.17) is 14.6 Å². The summed E-state index contributed by atoms with van der Waals surface area (Å²) < 4.78 is 39.8. The minimum atomic E-state index is -5.08. The standard InChI is InChI=1S/C19H25N3O2S.C2HF3O2/c1-2-24-11-16-9-21(18(23)7-15-5-6-25-12-15)10-17-19(16)22(13-20-17)8-14-3-4-14;3-2(4,5)1(6)7/h5-6,12-14,16H,2-4,7-11H2,1H3;(H,6,7). The Morgan fingerprint density at radius 3 is 2.62 bits per heavy atom. The van der Waals surface area contributed by atoms with Gasteiger partial charge in [0.15, 0.2) is 0 Å². The highest BCUT2D eigenvalue weighted by Crippen LogP contribution is 2.34. The van der Waals surface area contributed by atoms with Gasteiger partial charge in [-0.3, -0.25) is 4.79 Å². The maximum absolute atomic E-state index is 12.7. The predicted molar refractivity (Wildman–Crippen MR) is 111 cm³/mol. The Bertz CT molecular complexity index is 910. The van der Waals surface area contributed by atoms with Crippen molar-refractivity contribution in [2.45, 2.75) is 51.4 Å². The largest absolute Gasteiger partial charge is 0.490 e. The normalized spacial score (nSPS) is 18.0. The number of amides is 1. The van der Waals surface area contributed by atoms with Gasteiger partial charge in [-0.25, -0.2) is 9.78 Å². The van der Waals surface area contributed by atoms with E-state index in [1.165, 1.54) is 18.5 Å². The molecule has 3 heterocycles. The first-order valence-corrected chi connectivity index (χ1v) is 11.3.